The Morgan fingerprint density at radius 2 is 2.04 bits per heavy atom. The highest BCUT2D eigenvalue weighted by molar-refractivity contribution is 5.47. The minimum absolute atomic E-state index is 0.135. The number of aliphatic hydroxyl groups excluding tert-OH is 1. The Balaban J connectivity index is 2.27. The number of aliphatic hydroxyl groups is 1. The number of ether oxygens (including phenoxy) is 1. The number of alkyl halides is 2. The molecule has 1 aromatic heterocycles. The van der Waals surface area contributed by atoms with Crippen LogP contribution in [0.5, 0.6) is 5.75 Å². The van der Waals surface area contributed by atoms with E-state index in [0.717, 1.165) is 0 Å². The quantitative estimate of drug-likeness (QED) is 0.929. The lowest BCUT2D eigenvalue weighted by atomic mass is 9.84. The maximum absolute atomic E-state index is 13.5. The van der Waals surface area contributed by atoms with Gasteiger partial charge in [0.25, 0.3) is 5.56 Å². The second-order valence-electron chi connectivity index (χ2n) is 5.63. The molecule has 0 fully saturated rings. The Kier molecular flexibility index (Phi) is 4.08. The summed E-state index contributed by atoms with van der Waals surface area (Å²) in [6, 6.07) is 9.58. The van der Waals surface area contributed by atoms with Crippen LogP contribution in [-0.4, -0.2) is 34.7 Å². The molecule has 124 valence electrons. The van der Waals surface area contributed by atoms with Gasteiger partial charge in [-0.2, -0.15) is 5.26 Å². The number of nitrogens with zero attached hydrogens (tertiary/aromatic N) is 2. The van der Waals surface area contributed by atoms with Crippen molar-refractivity contribution in [1.29, 1.82) is 5.26 Å². The van der Waals surface area contributed by atoms with E-state index in [9.17, 15) is 18.7 Å². The zero-order chi connectivity index (χ0) is 17.3. The van der Waals surface area contributed by atoms with Crippen molar-refractivity contribution < 1.29 is 18.6 Å². The Labute approximate surface area is 136 Å². The first-order valence-electron chi connectivity index (χ1n) is 7.26. The molecule has 0 spiro atoms. The van der Waals surface area contributed by atoms with Gasteiger partial charge in [0.2, 0.25) is 0 Å². The summed E-state index contributed by atoms with van der Waals surface area (Å²) in [7, 11) is 0. The Morgan fingerprint density at radius 1 is 1.29 bits per heavy atom. The smallest absolute Gasteiger partial charge is 0.251 e. The molecule has 2 aromatic rings. The van der Waals surface area contributed by atoms with Crippen LogP contribution < -0.4 is 10.3 Å². The molecule has 0 bridgehead atoms. The average Bonchev–Trinajstić information content (AvgIpc) is 2.62. The normalized spacial score (nSPS) is 21.4. The highest BCUT2D eigenvalue weighted by atomic mass is 19.1. The zero-order valence-electron chi connectivity index (χ0n) is 12.5. The number of pyridine rings is 1. The number of halogens is 2. The minimum atomic E-state index is -2.10. The predicted molar refractivity (Wildman–Crippen MR) is 81.3 cm³/mol. The SMILES string of the molecule is N#Cc1ccc2c(c1)[C@@H](n1ccccc1=O)[C@H](O)C(CF)(CF)O2. The van der Waals surface area contributed by atoms with E-state index >= 15 is 0 Å². The van der Waals surface area contributed by atoms with E-state index in [1.165, 1.54) is 41.1 Å². The topological polar surface area (TPSA) is 75.2 Å². The molecule has 7 heteroatoms. The molecule has 2 heterocycles. The molecule has 1 aliphatic heterocycles. The predicted octanol–water partition coefficient (Wildman–Crippen LogP) is 1.74. The van der Waals surface area contributed by atoms with E-state index in [2.05, 4.69) is 0 Å². The molecule has 1 N–H and O–H groups in total. The molecule has 0 radical (unpaired) electrons. The maximum Gasteiger partial charge on any atom is 0.251 e. The molecule has 5 nitrogen and oxygen atoms in total. The fourth-order valence-electron chi connectivity index (χ4n) is 2.90. The summed E-state index contributed by atoms with van der Waals surface area (Å²) in [6.07, 6.45) is -0.222. The fourth-order valence-corrected chi connectivity index (χ4v) is 2.90. The summed E-state index contributed by atoms with van der Waals surface area (Å²) >= 11 is 0. The molecular formula is C17H14F2N2O3. The second-order valence-corrected chi connectivity index (χ2v) is 5.63. The summed E-state index contributed by atoms with van der Waals surface area (Å²) < 4.78 is 33.7. The molecule has 0 saturated carbocycles. The highest BCUT2D eigenvalue weighted by Crippen LogP contribution is 2.42. The molecular weight excluding hydrogens is 318 g/mol. The maximum atomic E-state index is 13.5. The van der Waals surface area contributed by atoms with E-state index in [0.29, 0.717) is 5.56 Å². The lowest BCUT2D eigenvalue weighted by Gasteiger charge is -2.43. The van der Waals surface area contributed by atoms with Crippen LogP contribution in [0.1, 0.15) is 17.2 Å². The van der Waals surface area contributed by atoms with Crippen LogP contribution in [0, 0.1) is 11.3 Å². The summed E-state index contributed by atoms with van der Waals surface area (Å²) in [5.74, 6) is 0.135. The number of aromatic nitrogens is 1. The summed E-state index contributed by atoms with van der Waals surface area (Å²) in [5.41, 5.74) is -1.93. The van der Waals surface area contributed by atoms with E-state index in [4.69, 9.17) is 10.00 Å². The first kappa shape index (κ1) is 16.1. The van der Waals surface area contributed by atoms with Gasteiger partial charge in [0.05, 0.1) is 17.7 Å². The van der Waals surface area contributed by atoms with Gasteiger partial charge in [0.15, 0.2) is 5.60 Å². The number of nitriles is 1. The van der Waals surface area contributed by atoms with Gasteiger partial charge in [0, 0.05) is 17.8 Å². The minimum Gasteiger partial charge on any atom is -0.479 e. The molecule has 0 aliphatic carbocycles. The number of benzene rings is 1. The van der Waals surface area contributed by atoms with Crippen molar-refractivity contribution in [3.63, 3.8) is 0 Å². The van der Waals surface area contributed by atoms with Gasteiger partial charge in [-0.05, 0) is 24.3 Å². The van der Waals surface area contributed by atoms with Crippen molar-refractivity contribution in [1.82, 2.24) is 4.57 Å². The van der Waals surface area contributed by atoms with Crippen LogP contribution in [0.2, 0.25) is 0 Å². The summed E-state index contributed by atoms with van der Waals surface area (Å²) in [5, 5.41) is 19.7. The van der Waals surface area contributed by atoms with Gasteiger partial charge in [-0.1, -0.05) is 6.07 Å². The van der Waals surface area contributed by atoms with E-state index in [1.807, 2.05) is 6.07 Å². The Morgan fingerprint density at radius 3 is 2.67 bits per heavy atom. The molecule has 0 unspecified atom stereocenters. The van der Waals surface area contributed by atoms with Crippen LogP contribution in [0.25, 0.3) is 0 Å². The largest absolute Gasteiger partial charge is 0.479 e. The standard InChI is InChI=1S/C17H14F2N2O3/c18-9-17(10-19)16(23)15(21-6-2-1-3-14(21)22)12-7-11(8-20)4-5-13(12)24-17/h1-7,15-16,23H,9-10H2/t15-,16+/m1/s1. The number of hydrogen-bond donors (Lipinski definition) is 1. The summed E-state index contributed by atoms with van der Waals surface area (Å²) in [6.45, 7) is -2.52. The van der Waals surface area contributed by atoms with Crippen molar-refractivity contribution in [3.8, 4) is 11.8 Å². The molecule has 0 saturated heterocycles. The monoisotopic (exact) mass is 332 g/mol. The average molecular weight is 332 g/mol. The van der Waals surface area contributed by atoms with Crippen molar-refractivity contribution in [3.05, 3.63) is 64.1 Å². The van der Waals surface area contributed by atoms with Gasteiger partial charge < -0.3 is 14.4 Å². The first-order valence-corrected chi connectivity index (χ1v) is 7.26. The van der Waals surface area contributed by atoms with E-state index in [-0.39, 0.29) is 11.3 Å². The van der Waals surface area contributed by atoms with Crippen LogP contribution in [0.4, 0.5) is 8.78 Å². The number of rotatable bonds is 3. The van der Waals surface area contributed by atoms with Crippen LogP contribution in [0.3, 0.4) is 0 Å². The van der Waals surface area contributed by atoms with Gasteiger partial charge in [-0.25, -0.2) is 8.78 Å². The molecule has 1 aromatic carbocycles. The van der Waals surface area contributed by atoms with Crippen molar-refractivity contribution >= 4 is 0 Å². The Hall–Kier alpha value is -2.72. The van der Waals surface area contributed by atoms with Gasteiger partial charge >= 0.3 is 0 Å². The second kappa shape index (κ2) is 6.06. The number of fused-ring (bicyclic) bond motifs is 1. The summed E-state index contributed by atoms with van der Waals surface area (Å²) in [4.78, 5) is 12.2. The first-order chi connectivity index (χ1) is 11.6. The van der Waals surface area contributed by atoms with Gasteiger partial charge in [-0.15, -0.1) is 0 Å². The van der Waals surface area contributed by atoms with Crippen LogP contribution in [0.15, 0.2) is 47.4 Å². The third kappa shape index (κ3) is 2.36. The lowest BCUT2D eigenvalue weighted by molar-refractivity contribution is -0.110. The van der Waals surface area contributed by atoms with Crippen LogP contribution >= 0.6 is 0 Å². The Bertz CT molecular complexity index is 855. The molecule has 2 atom stereocenters. The van der Waals surface area contributed by atoms with Crippen molar-refractivity contribution in [2.24, 2.45) is 0 Å². The third-order valence-electron chi connectivity index (χ3n) is 4.21. The lowest BCUT2D eigenvalue weighted by Crippen LogP contribution is -2.58. The molecule has 0 amide bonds. The van der Waals surface area contributed by atoms with Crippen molar-refractivity contribution in [2.45, 2.75) is 17.7 Å². The molecule has 1 aliphatic rings. The van der Waals surface area contributed by atoms with Gasteiger partial charge in [-0.3, -0.25) is 4.79 Å². The van der Waals surface area contributed by atoms with Crippen molar-refractivity contribution in [2.75, 3.05) is 13.3 Å². The number of hydrogen-bond acceptors (Lipinski definition) is 4. The van der Waals surface area contributed by atoms with E-state index < -0.39 is 36.7 Å². The van der Waals surface area contributed by atoms with Crippen LogP contribution in [-0.2, 0) is 0 Å². The molecule has 3 rings (SSSR count). The molecule has 24 heavy (non-hydrogen) atoms. The zero-order valence-corrected chi connectivity index (χ0v) is 12.5. The fraction of sp³-hybridized carbons (Fsp3) is 0.294. The highest BCUT2D eigenvalue weighted by Gasteiger charge is 2.51. The third-order valence-corrected chi connectivity index (χ3v) is 4.21. The van der Waals surface area contributed by atoms with E-state index in [1.54, 1.807) is 6.07 Å². The van der Waals surface area contributed by atoms with Gasteiger partial charge in [0.1, 0.15) is 25.2 Å².